The molecule has 1 aromatic heterocycles. The third kappa shape index (κ3) is 4.37. The highest BCUT2D eigenvalue weighted by Gasteiger charge is 2.11. The summed E-state index contributed by atoms with van der Waals surface area (Å²) >= 11 is 1.38. The van der Waals surface area contributed by atoms with E-state index in [4.69, 9.17) is 15.2 Å². The second-order valence-corrected chi connectivity index (χ2v) is 6.45. The van der Waals surface area contributed by atoms with Crippen LogP contribution < -0.4 is 20.8 Å². The van der Waals surface area contributed by atoms with Gasteiger partial charge in [-0.05, 0) is 29.8 Å². The second-order valence-electron chi connectivity index (χ2n) is 5.37. The average molecular weight is 369 g/mol. The van der Waals surface area contributed by atoms with Gasteiger partial charge in [-0.15, -0.1) is 0 Å². The number of nitrogen functional groups attached to an aromatic ring is 1. The number of nitrogens with zero attached hydrogens (tertiary/aromatic N) is 1. The SMILES string of the molecule is COc1ccc(OCCSc2nc(N)c(-c3ccccc3)c(=O)[nH]2)cc1. The third-order valence-electron chi connectivity index (χ3n) is 3.64. The van der Waals surface area contributed by atoms with Crippen molar-refractivity contribution in [1.82, 2.24) is 9.97 Å². The highest BCUT2D eigenvalue weighted by molar-refractivity contribution is 7.99. The maximum absolute atomic E-state index is 12.3. The van der Waals surface area contributed by atoms with Gasteiger partial charge in [0.2, 0.25) is 0 Å². The zero-order valence-electron chi connectivity index (χ0n) is 14.3. The monoisotopic (exact) mass is 369 g/mol. The first-order chi connectivity index (χ1) is 12.7. The van der Waals surface area contributed by atoms with Gasteiger partial charge >= 0.3 is 0 Å². The quantitative estimate of drug-likeness (QED) is 0.378. The van der Waals surface area contributed by atoms with E-state index in [1.807, 2.05) is 54.6 Å². The molecule has 2 aromatic carbocycles. The number of hydrogen-bond donors (Lipinski definition) is 2. The summed E-state index contributed by atoms with van der Waals surface area (Å²) in [5, 5.41) is 0.477. The van der Waals surface area contributed by atoms with Gasteiger partial charge in [-0.3, -0.25) is 4.79 Å². The van der Waals surface area contributed by atoms with E-state index in [1.165, 1.54) is 11.8 Å². The maximum Gasteiger partial charge on any atom is 0.261 e. The first-order valence-corrected chi connectivity index (χ1v) is 9.01. The van der Waals surface area contributed by atoms with E-state index in [0.717, 1.165) is 17.1 Å². The molecule has 0 radical (unpaired) electrons. The molecule has 134 valence electrons. The van der Waals surface area contributed by atoms with E-state index in [-0.39, 0.29) is 11.4 Å². The fourth-order valence-corrected chi connectivity index (χ4v) is 3.08. The van der Waals surface area contributed by atoms with Gasteiger partial charge in [0.05, 0.1) is 19.3 Å². The molecule has 3 N–H and O–H groups in total. The number of methoxy groups -OCH3 is 1. The summed E-state index contributed by atoms with van der Waals surface area (Å²) in [6.07, 6.45) is 0. The minimum Gasteiger partial charge on any atom is -0.497 e. The van der Waals surface area contributed by atoms with Crippen molar-refractivity contribution in [2.75, 3.05) is 25.2 Å². The first-order valence-electron chi connectivity index (χ1n) is 8.02. The molecular weight excluding hydrogens is 350 g/mol. The lowest BCUT2D eigenvalue weighted by molar-refractivity contribution is 0.342. The fourth-order valence-electron chi connectivity index (χ4n) is 2.39. The smallest absolute Gasteiger partial charge is 0.261 e. The number of thioether (sulfide) groups is 1. The Bertz CT molecular complexity index is 912. The van der Waals surface area contributed by atoms with Crippen molar-refractivity contribution in [2.45, 2.75) is 5.16 Å². The molecule has 0 aliphatic rings. The van der Waals surface area contributed by atoms with Crippen molar-refractivity contribution in [2.24, 2.45) is 0 Å². The van der Waals surface area contributed by atoms with Crippen LogP contribution in [0.1, 0.15) is 0 Å². The van der Waals surface area contributed by atoms with Crippen LogP contribution in [0, 0.1) is 0 Å². The van der Waals surface area contributed by atoms with Crippen LogP contribution in [0.5, 0.6) is 11.5 Å². The number of benzene rings is 2. The largest absolute Gasteiger partial charge is 0.497 e. The van der Waals surface area contributed by atoms with Crippen LogP contribution in [0.25, 0.3) is 11.1 Å². The summed E-state index contributed by atoms with van der Waals surface area (Å²) in [6.45, 7) is 0.473. The molecule has 6 nitrogen and oxygen atoms in total. The van der Waals surface area contributed by atoms with Crippen LogP contribution in [0.4, 0.5) is 5.82 Å². The summed E-state index contributed by atoms with van der Waals surface area (Å²) in [4.78, 5) is 19.4. The standard InChI is InChI=1S/C19H19N3O3S/c1-24-14-7-9-15(10-8-14)25-11-12-26-19-21-17(20)16(18(23)22-19)13-5-3-2-4-6-13/h2-10H,11-12H2,1H3,(H3,20,21,22,23). The fraction of sp³-hybridized carbons (Fsp3) is 0.158. The van der Waals surface area contributed by atoms with Gasteiger partial charge in [0.1, 0.15) is 17.3 Å². The number of anilines is 1. The summed E-state index contributed by atoms with van der Waals surface area (Å²) in [7, 11) is 1.62. The molecule has 7 heteroatoms. The van der Waals surface area contributed by atoms with Crippen LogP contribution in [0.15, 0.2) is 64.5 Å². The molecule has 0 fully saturated rings. The van der Waals surface area contributed by atoms with Gasteiger partial charge in [0.15, 0.2) is 5.16 Å². The Morgan fingerprint density at radius 2 is 1.77 bits per heavy atom. The Morgan fingerprint density at radius 1 is 1.08 bits per heavy atom. The number of aromatic amines is 1. The third-order valence-corrected chi connectivity index (χ3v) is 4.48. The molecule has 3 aromatic rings. The van der Waals surface area contributed by atoms with Gasteiger partial charge in [0, 0.05) is 5.75 Å². The summed E-state index contributed by atoms with van der Waals surface area (Å²) < 4.78 is 10.8. The number of nitrogens with two attached hydrogens (primary N) is 1. The average Bonchev–Trinajstić information content (AvgIpc) is 2.66. The van der Waals surface area contributed by atoms with Crippen molar-refractivity contribution in [3.8, 4) is 22.6 Å². The Labute approximate surface area is 155 Å². The van der Waals surface area contributed by atoms with E-state index in [1.54, 1.807) is 7.11 Å². The van der Waals surface area contributed by atoms with E-state index in [9.17, 15) is 4.79 Å². The van der Waals surface area contributed by atoms with Crippen LogP contribution >= 0.6 is 11.8 Å². The number of nitrogens with one attached hydrogen (secondary N) is 1. The van der Waals surface area contributed by atoms with E-state index in [2.05, 4.69) is 9.97 Å². The summed E-state index contributed by atoms with van der Waals surface area (Å²) in [6, 6.07) is 16.6. The van der Waals surface area contributed by atoms with Crippen molar-refractivity contribution in [1.29, 1.82) is 0 Å². The molecule has 1 heterocycles. The molecule has 0 atom stereocenters. The Balaban J connectivity index is 1.59. The molecule has 0 saturated heterocycles. The van der Waals surface area contributed by atoms with Crippen molar-refractivity contribution in [3.63, 3.8) is 0 Å². The molecule has 0 unspecified atom stereocenters. The molecule has 0 aliphatic carbocycles. The van der Waals surface area contributed by atoms with Crippen LogP contribution in [0.3, 0.4) is 0 Å². The first kappa shape index (κ1) is 17.9. The Hall–Kier alpha value is -2.93. The molecule has 0 saturated carbocycles. The van der Waals surface area contributed by atoms with Crippen molar-refractivity contribution in [3.05, 3.63) is 65.0 Å². The number of rotatable bonds is 7. The molecular formula is C19H19N3O3S. The number of aromatic nitrogens is 2. The summed E-state index contributed by atoms with van der Waals surface area (Å²) in [5.41, 5.74) is 6.88. The number of ether oxygens (including phenoxy) is 2. The summed E-state index contributed by atoms with van der Waals surface area (Å²) in [5.74, 6) is 2.38. The predicted octanol–water partition coefficient (Wildman–Crippen LogP) is 3.20. The number of hydrogen-bond acceptors (Lipinski definition) is 6. The molecule has 0 aliphatic heterocycles. The van der Waals surface area contributed by atoms with Gasteiger partial charge in [0.25, 0.3) is 5.56 Å². The lowest BCUT2D eigenvalue weighted by Crippen LogP contribution is -2.15. The Kier molecular flexibility index (Phi) is 5.80. The van der Waals surface area contributed by atoms with Crippen molar-refractivity contribution >= 4 is 17.6 Å². The van der Waals surface area contributed by atoms with Crippen molar-refractivity contribution < 1.29 is 9.47 Å². The highest BCUT2D eigenvalue weighted by atomic mass is 32.2. The molecule has 26 heavy (non-hydrogen) atoms. The molecule has 0 spiro atoms. The van der Waals surface area contributed by atoms with Gasteiger partial charge in [-0.2, -0.15) is 0 Å². The molecule has 0 amide bonds. The van der Waals surface area contributed by atoms with Gasteiger partial charge in [-0.1, -0.05) is 42.1 Å². The van der Waals surface area contributed by atoms with E-state index in [0.29, 0.717) is 23.1 Å². The Morgan fingerprint density at radius 3 is 2.42 bits per heavy atom. The predicted molar refractivity (Wildman–Crippen MR) is 104 cm³/mol. The highest BCUT2D eigenvalue weighted by Crippen LogP contribution is 2.22. The number of H-pyrrole nitrogens is 1. The van der Waals surface area contributed by atoms with Crippen LogP contribution in [-0.4, -0.2) is 29.4 Å². The van der Waals surface area contributed by atoms with E-state index >= 15 is 0 Å². The topological polar surface area (TPSA) is 90.2 Å². The minimum atomic E-state index is -0.248. The van der Waals surface area contributed by atoms with Crippen LogP contribution in [0.2, 0.25) is 0 Å². The van der Waals surface area contributed by atoms with Crippen LogP contribution in [-0.2, 0) is 0 Å². The zero-order valence-corrected chi connectivity index (χ0v) is 15.1. The lowest BCUT2D eigenvalue weighted by Gasteiger charge is -2.08. The molecule has 3 rings (SSSR count). The normalized spacial score (nSPS) is 10.5. The van der Waals surface area contributed by atoms with Gasteiger partial charge < -0.3 is 20.2 Å². The second kappa shape index (κ2) is 8.44. The molecule has 0 bridgehead atoms. The van der Waals surface area contributed by atoms with E-state index < -0.39 is 0 Å². The zero-order chi connectivity index (χ0) is 18.4. The van der Waals surface area contributed by atoms with Gasteiger partial charge in [-0.25, -0.2) is 4.98 Å². The maximum atomic E-state index is 12.3. The minimum absolute atomic E-state index is 0.221. The lowest BCUT2D eigenvalue weighted by atomic mass is 10.1.